The Morgan fingerprint density at radius 3 is 2.90 bits per heavy atom. The van der Waals surface area contributed by atoms with Crippen molar-refractivity contribution in [2.24, 2.45) is 7.05 Å². The highest BCUT2D eigenvalue weighted by Gasteiger charge is 1.98. The predicted octanol–water partition coefficient (Wildman–Crippen LogP) is 0.871. The Labute approximate surface area is 62.3 Å². The van der Waals surface area contributed by atoms with E-state index >= 15 is 0 Å². The number of nitrogens with zero attached hydrogens (tertiary/aromatic N) is 2. The van der Waals surface area contributed by atoms with Crippen molar-refractivity contribution in [2.45, 2.75) is 0 Å². The Morgan fingerprint density at radius 1 is 1.80 bits per heavy atom. The van der Waals surface area contributed by atoms with Gasteiger partial charge in [0.25, 0.3) is 0 Å². The summed E-state index contributed by atoms with van der Waals surface area (Å²) in [6.45, 7) is 0. The number of nitrogens with two attached hydrogens (primary N) is 1. The SMILES string of the molecule is Cn1cc(F)c(N)nc1=S. The van der Waals surface area contributed by atoms with E-state index in [2.05, 4.69) is 4.98 Å². The van der Waals surface area contributed by atoms with Gasteiger partial charge in [0.15, 0.2) is 11.6 Å². The fourth-order valence-electron chi connectivity index (χ4n) is 0.527. The molecule has 0 saturated heterocycles. The van der Waals surface area contributed by atoms with E-state index in [1.54, 1.807) is 7.05 Å². The van der Waals surface area contributed by atoms with Crippen LogP contribution < -0.4 is 5.73 Å². The molecule has 0 bridgehead atoms. The number of aromatic nitrogens is 2. The van der Waals surface area contributed by atoms with Gasteiger partial charge in [-0.15, -0.1) is 0 Å². The molecule has 0 aliphatic carbocycles. The molecule has 2 N–H and O–H groups in total. The lowest BCUT2D eigenvalue weighted by Gasteiger charge is -1.98. The van der Waals surface area contributed by atoms with Crippen molar-refractivity contribution in [1.82, 2.24) is 9.55 Å². The maximum atomic E-state index is 12.5. The van der Waals surface area contributed by atoms with Crippen molar-refractivity contribution in [3.63, 3.8) is 0 Å². The highest BCUT2D eigenvalue weighted by molar-refractivity contribution is 7.71. The highest BCUT2D eigenvalue weighted by atomic mass is 32.1. The first-order valence-electron chi connectivity index (χ1n) is 2.60. The first-order valence-corrected chi connectivity index (χ1v) is 3.00. The van der Waals surface area contributed by atoms with E-state index in [0.717, 1.165) is 0 Å². The second kappa shape index (κ2) is 2.34. The van der Waals surface area contributed by atoms with Gasteiger partial charge in [0.05, 0.1) is 0 Å². The van der Waals surface area contributed by atoms with Crippen LogP contribution in [0.5, 0.6) is 0 Å². The highest BCUT2D eigenvalue weighted by Crippen LogP contribution is 2.03. The Morgan fingerprint density at radius 2 is 2.40 bits per heavy atom. The Balaban J connectivity index is 3.43. The topological polar surface area (TPSA) is 43.8 Å². The van der Waals surface area contributed by atoms with Gasteiger partial charge >= 0.3 is 0 Å². The van der Waals surface area contributed by atoms with Crippen molar-refractivity contribution < 1.29 is 4.39 Å². The first-order chi connectivity index (χ1) is 4.61. The standard InChI is InChI=1S/C5H6FN3S/c1-9-2-3(6)4(7)8-5(9)10/h2H,1H3,(H2,7,8,10). The number of aryl methyl sites for hydroxylation is 1. The fraction of sp³-hybridized carbons (Fsp3) is 0.200. The van der Waals surface area contributed by atoms with Crippen LogP contribution in [0.1, 0.15) is 0 Å². The third-order valence-corrected chi connectivity index (χ3v) is 1.45. The van der Waals surface area contributed by atoms with Gasteiger partial charge in [0.2, 0.25) is 4.77 Å². The Kier molecular flexibility index (Phi) is 1.67. The minimum absolute atomic E-state index is 0.150. The number of hydrogen-bond acceptors (Lipinski definition) is 3. The number of anilines is 1. The summed E-state index contributed by atoms with van der Waals surface area (Å²) in [5.41, 5.74) is 5.12. The van der Waals surface area contributed by atoms with Crippen LogP contribution in [-0.2, 0) is 7.05 Å². The fourth-order valence-corrected chi connectivity index (χ4v) is 0.678. The summed E-state index contributed by atoms with van der Waals surface area (Å²) in [5.74, 6) is -0.695. The van der Waals surface area contributed by atoms with Gasteiger partial charge < -0.3 is 10.3 Å². The van der Waals surface area contributed by atoms with Gasteiger partial charge in [-0.1, -0.05) is 0 Å². The number of hydrogen-bond donors (Lipinski definition) is 1. The van der Waals surface area contributed by atoms with Gasteiger partial charge in [0, 0.05) is 13.2 Å². The number of rotatable bonds is 0. The molecule has 0 fully saturated rings. The lowest BCUT2D eigenvalue weighted by atomic mass is 10.6. The Hall–Kier alpha value is -0.970. The summed E-state index contributed by atoms with van der Waals surface area (Å²) in [5, 5.41) is 0. The maximum Gasteiger partial charge on any atom is 0.201 e. The van der Waals surface area contributed by atoms with Gasteiger partial charge in [-0.3, -0.25) is 0 Å². The maximum absolute atomic E-state index is 12.5. The smallest absolute Gasteiger partial charge is 0.201 e. The van der Waals surface area contributed by atoms with Crippen molar-refractivity contribution in [2.75, 3.05) is 5.73 Å². The zero-order chi connectivity index (χ0) is 7.72. The summed E-state index contributed by atoms with van der Waals surface area (Å²) >= 11 is 4.71. The molecule has 54 valence electrons. The van der Waals surface area contributed by atoms with Crippen LogP contribution in [0.15, 0.2) is 6.20 Å². The van der Waals surface area contributed by atoms with Crippen LogP contribution in [0, 0.1) is 10.6 Å². The average Bonchev–Trinajstić information content (AvgIpc) is 1.84. The van der Waals surface area contributed by atoms with E-state index in [9.17, 15) is 4.39 Å². The van der Waals surface area contributed by atoms with E-state index in [-0.39, 0.29) is 10.6 Å². The third kappa shape index (κ3) is 1.13. The van der Waals surface area contributed by atoms with Crippen LogP contribution in [-0.4, -0.2) is 9.55 Å². The van der Waals surface area contributed by atoms with Gasteiger partial charge in [-0.25, -0.2) is 4.39 Å². The molecule has 0 aliphatic heterocycles. The largest absolute Gasteiger partial charge is 0.381 e. The molecular formula is C5H6FN3S. The second-order valence-corrected chi connectivity index (χ2v) is 2.23. The van der Waals surface area contributed by atoms with Gasteiger partial charge in [-0.05, 0) is 12.2 Å². The van der Waals surface area contributed by atoms with E-state index in [4.69, 9.17) is 18.0 Å². The van der Waals surface area contributed by atoms with Crippen LogP contribution in [0.2, 0.25) is 0 Å². The molecule has 0 saturated carbocycles. The molecule has 0 spiro atoms. The molecule has 0 unspecified atom stereocenters. The number of halogens is 1. The van der Waals surface area contributed by atoms with Crippen molar-refractivity contribution in [3.05, 3.63) is 16.8 Å². The summed E-state index contributed by atoms with van der Waals surface area (Å²) in [7, 11) is 1.61. The van der Waals surface area contributed by atoms with E-state index < -0.39 is 5.82 Å². The molecule has 1 rings (SSSR count). The quantitative estimate of drug-likeness (QED) is 0.571. The predicted molar refractivity (Wildman–Crippen MR) is 38.4 cm³/mol. The number of nitrogen functional groups attached to an aromatic ring is 1. The van der Waals surface area contributed by atoms with E-state index in [1.807, 2.05) is 0 Å². The molecule has 0 aliphatic rings. The van der Waals surface area contributed by atoms with Crippen LogP contribution in [0.4, 0.5) is 10.2 Å². The minimum atomic E-state index is -0.545. The average molecular weight is 159 g/mol. The van der Waals surface area contributed by atoms with Crippen LogP contribution in [0.3, 0.4) is 0 Å². The van der Waals surface area contributed by atoms with Crippen molar-refractivity contribution in [3.8, 4) is 0 Å². The zero-order valence-corrected chi connectivity index (χ0v) is 6.15. The molecule has 1 heterocycles. The van der Waals surface area contributed by atoms with Gasteiger partial charge in [-0.2, -0.15) is 4.98 Å². The molecular weight excluding hydrogens is 153 g/mol. The normalized spacial score (nSPS) is 9.80. The lowest BCUT2D eigenvalue weighted by molar-refractivity contribution is 0.601. The molecule has 10 heavy (non-hydrogen) atoms. The van der Waals surface area contributed by atoms with E-state index in [1.165, 1.54) is 10.8 Å². The summed E-state index contributed by atoms with van der Waals surface area (Å²) in [6.07, 6.45) is 1.20. The second-order valence-electron chi connectivity index (χ2n) is 1.87. The minimum Gasteiger partial charge on any atom is -0.381 e. The molecule has 0 amide bonds. The summed E-state index contributed by atoms with van der Waals surface area (Å²) in [4.78, 5) is 3.55. The molecule has 1 aromatic rings. The molecule has 1 aromatic heterocycles. The van der Waals surface area contributed by atoms with E-state index in [0.29, 0.717) is 0 Å². The van der Waals surface area contributed by atoms with Crippen LogP contribution in [0.25, 0.3) is 0 Å². The zero-order valence-electron chi connectivity index (χ0n) is 5.34. The first kappa shape index (κ1) is 7.14. The third-order valence-electron chi connectivity index (χ3n) is 1.07. The summed E-state index contributed by atoms with van der Waals surface area (Å²) < 4.78 is 14.2. The molecule has 3 nitrogen and oxygen atoms in total. The van der Waals surface area contributed by atoms with Gasteiger partial charge in [0.1, 0.15) is 0 Å². The molecule has 0 aromatic carbocycles. The lowest BCUT2D eigenvalue weighted by Crippen LogP contribution is -2.02. The molecule has 5 heteroatoms. The molecule has 0 atom stereocenters. The van der Waals surface area contributed by atoms with Crippen molar-refractivity contribution in [1.29, 1.82) is 0 Å². The van der Waals surface area contributed by atoms with Crippen LogP contribution >= 0.6 is 12.2 Å². The monoisotopic (exact) mass is 159 g/mol. The van der Waals surface area contributed by atoms with Crippen molar-refractivity contribution >= 4 is 18.0 Å². The molecule has 0 radical (unpaired) electrons. The Bertz CT molecular complexity index is 306. The summed E-state index contributed by atoms with van der Waals surface area (Å²) in [6, 6.07) is 0.